The van der Waals surface area contributed by atoms with E-state index in [1.807, 2.05) is 12.1 Å². The monoisotopic (exact) mass is 308 g/mol. The quantitative estimate of drug-likeness (QED) is 0.748. The molecule has 0 aliphatic heterocycles. The van der Waals surface area contributed by atoms with Crippen molar-refractivity contribution in [2.45, 2.75) is 13.8 Å². The smallest absolute Gasteiger partial charge is 0.0441 e. The minimum atomic E-state index is 0.641. The normalized spacial score (nSPS) is 10.4. The van der Waals surface area contributed by atoms with Crippen molar-refractivity contribution in [1.82, 2.24) is 0 Å². The topological polar surface area (TPSA) is 24.1 Å². The average molecular weight is 309 g/mol. The number of anilines is 2. The minimum Gasteiger partial charge on any atom is -0.383 e. The number of rotatable bonds is 5. The highest BCUT2D eigenvalue weighted by Crippen LogP contribution is 2.22. The van der Waals surface area contributed by atoms with Gasteiger partial charge >= 0.3 is 0 Å². The van der Waals surface area contributed by atoms with Crippen molar-refractivity contribution in [2.75, 3.05) is 23.7 Å². The van der Waals surface area contributed by atoms with Crippen molar-refractivity contribution >= 4 is 34.6 Å². The van der Waals surface area contributed by atoms with Crippen molar-refractivity contribution in [3.63, 3.8) is 0 Å². The van der Waals surface area contributed by atoms with Gasteiger partial charge in [0.05, 0.1) is 0 Å². The molecule has 2 aromatic carbocycles. The lowest BCUT2D eigenvalue weighted by atomic mass is 10.1. The van der Waals surface area contributed by atoms with E-state index in [0.29, 0.717) is 10.0 Å². The van der Waals surface area contributed by atoms with Crippen LogP contribution in [0, 0.1) is 13.8 Å². The van der Waals surface area contributed by atoms with E-state index in [1.54, 1.807) is 6.07 Å². The van der Waals surface area contributed by atoms with Gasteiger partial charge in [0.1, 0.15) is 0 Å². The summed E-state index contributed by atoms with van der Waals surface area (Å²) in [4.78, 5) is 0. The second-order valence-electron chi connectivity index (χ2n) is 4.76. The molecule has 0 fully saturated rings. The summed E-state index contributed by atoms with van der Waals surface area (Å²) < 4.78 is 0. The zero-order valence-corrected chi connectivity index (χ0v) is 13.1. The molecule has 20 heavy (non-hydrogen) atoms. The van der Waals surface area contributed by atoms with Gasteiger partial charge in [0.2, 0.25) is 0 Å². The molecule has 106 valence electrons. The Morgan fingerprint density at radius 2 is 1.55 bits per heavy atom. The van der Waals surface area contributed by atoms with Crippen molar-refractivity contribution in [2.24, 2.45) is 0 Å². The Kier molecular flexibility index (Phi) is 5.16. The van der Waals surface area contributed by atoms with Gasteiger partial charge in [0.15, 0.2) is 0 Å². The molecule has 0 heterocycles. The molecule has 0 aliphatic rings. The summed E-state index contributed by atoms with van der Waals surface area (Å²) in [5, 5.41) is 8.01. The summed E-state index contributed by atoms with van der Waals surface area (Å²) in [6.45, 7) is 5.87. The van der Waals surface area contributed by atoms with Crippen molar-refractivity contribution in [3.8, 4) is 0 Å². The standard InChI is InChI=1S/C16H18Cl2N2/c1-11-4-3-5-16(12(11)2)20-7-6-19-15-9-13(17)8-14(18)10-15/h3-5,8-10,19-20H,6-7H2,1-2H3. The molecule has 0 aliphatic carbocycles. The predicted octanol–water partition coefficient (Wildman–Crippen LogP) is 5.13. The van der Waals surface area contributed by atoms with E-state index in [9.17, 15) is 0 Å². The summed E-state index contributed by atoms with van der Waals surface area (Å²) in [5.41, 5.74) is 4.70. The summed E-state index contributed by atoms with van der Waals surface area (Å²) in [6, 6.07) is 11.7. The molecule has 2 aromatic rings. The maximum Gasteiger partial charge on any atom is 0.0441 e. The Morgan fingerprint density at radius 3 is 2.25 bits per heavy atom. The van der Waals surface area contributed by atoms with Crippen LogP contribution in [0.1, 0.15) is 11.1 Å². The lowest BCUT2D eigenvalue weighted by Crippen LogP contribution is -2.14. The first-order valence-corrected chi connectivity index (χ1v) is 7.32. The first-order chi connectivity index (χ1) is 9.56. The van der Waals surface area contributed by atoms with Crippen molar-refractivity contribution in [1.29, 1.82) is 0 Å². The van der Waals surface area contributed by atoms with Crippen LogP contribution in [0.15, 0.2) is 36.4 Å². The van der Waals surface area contributed by atoms with Crippen molar-refractivity contribution in [3.05, 3.63) is 57.6 Å². The summed E-state index contributed by atoms with van der Waals surface area (Å²) >= 11 is 11.9. The van der Waals surface area contributed by atoms with Crippen LogP contribution in [0.5, 0.6) is 0 Å². The van der Waals surface area contributed by atoms with E-state index in [1.165, 1.54) is 16.8 Å². The van der Waals surface area contributed by atoms with Crippen LogP contribution in [-0.2, 0) is 0 Å². The molecular weight excluding hydrogens is 291 g/mol. The Hall–Kier alpha value is -1.38. The summed E-state index contributed by atoms with van der Waals surface area (Å²) in [7, 11) is 0. The number of halogens is 2. The van der Waals surface area contributed by atoms with Crippen LogP contribution in [0.4, 0.5) is 11.4 Å². The van der Waals surface area contributed by atoms with Gasteiger partial charge in [-0.3, -0.25) is 0 Å². The van der Waals surface area contributed by atoms with E-state index in [2.05, 4.69) is 42.7 Å². The Morgan fingerprint density at radius 1 is 0.900 bits per heavy atom. The van der Waals surface area contributed by atoms with E-state index >= 15 is 0 Å². The van der Waals surface area contributed by atoms with E-state index in [-0.39, 0.29) is 0 Å². The highest BCUT2D eigenvalue weighted by Gasteiger charge is 2.00. The summed E-state index contributed by atoms with van der Waals surface area (Å²) in [6.07, 6.45) is 0. The summed E-state index contributed by atoms with van der Waals surface area (Å²) in [5.74, 6) is 0. The Labute approximate surface area is 130 Å². The molecule has 0 saturated carbocycles. The number of hydrogen-bond acceptors (Lipinski definition) is 2. The zero-order chi connectivity index (χ0) is 14.5. The van der Waals surface area contributed by atoms with Gasteiger partial charge in [-0.1, -0.05) is 35.3 Å². The Balaban J connectivity index is 1.86. The van der Waals surface area contributed by atoms with Crippen LogP contribution < -0.4 is 10.6 Å². The van der Waals surface area contributed by atoms with Gasteiger partial charge < -0.3 is 10.6 Å². The number of benzene rings is 2. The van der Waals surface area contributed by atoms with Crippen LogP contribution in [0.25, 0.3) is 0 Å². The fourth-order valence-electron chi connectivity index (χ4n) is 2.00. The molecule has 0 amide bonds. The molecule has 0 aromatic heterocycles. The van der Waals surface area contributed by atoms with Crippen LogP contribution in [0.3, 0.4) is 0 Å². The highest BCUT2D eigenvalue weighted by atomic mass is 35.5. The maximum atomic E-state index is 5.96. The number of aryl methyl sites for hydroxylation is 1. The lowest BCUT2D eigenvalue weighted by Gasteiger charge is -2.12. The van der Waals surface area contributed by atoms with Gasteiger partial charge in [-0.05, 0) is 49.2 Å². The molecule has 0 atom stereocenters. The van der Waals surface area contributed by atoms with Gasteiger partial charge in [0.25, 0.3) is 0 Å². The fourth-order valence-corrected chi connectivity index (χ4v) is 2.53. The molecule has 0 radical (unpaired) electrons. The maximum absolute atomic E-state index is 5.96. The third-order valence-corrected chi connectivity index (χ3v) is 3.67. The Bertz CT molecular complexity index is 577. The lowest BCUT2D eigenvalue weighted by molar-refractivity contribution is 1.07. The minimum absolute atomic E-state index is 0.641. The second kappa shape index (κ2) is 6.87. The fraction of sp³-hybridized carbons (Fsp3) is 0.250. The first kappa shape index (κ1) is 15.0. The van der Waals surface area contributed by atoms with E-state index in [4.69, 9.17) is 23.2 Å². The van der Waals surface area contributed by atoms with Crippen LogP contribution >= 0.6 is 23.2 Å². The molecular formula is C16H18Cl2N2. The third kappa shape index (κ3) is 4.06. The molecule has 4 heteroatoms. The molecule has 0 saturated heterocycles. The van der Waals surface area contributed by atoms with Gasteiger partial charge in [-0.15, -0.1) is 0 Å². The largest absolute Gasteiger partial charge is 0.383 e. The number of nitrogens with one attached hydrogen (secondary N) is 2. The molecule has 2 N–H and O–H groups in total. The second-order valence-corrected chi connectivity index (χ2v) is 5.63. The van der Waals surface area contributed by atoms with Gasteiger partial charge in [0, 0.05) is 34.5 Å². The highest BCUT2D eigenvalue weighted by molar-refractivity contribution is 6.35. The molecule has 0 spiro atoms. The molecule has 0 unspecified atom stereocenters. The van der Waals surface area contributed by atoms with Crippen molar-refractivity contribution < 1.29 is 0 Å². The van der Waals surface area contributed by atoms with E-state index < -0.39 is 0 Å². The molecule has 2 rings (SSSR count). The predicted molar refractivity (Wildman–Crippen MR) is 89.4 cm³/mol. The van der Waals surface area contributed by atoms with E-state index in [0.717, 1.165) is 18.8 Å². The first-order valence-electron chi connectivity index (χ1n) is 6.56. The third-order valence-electron chi connectivity index (χ3n) is 3.24. The SMILES string of the molecule is Cc1cccc(NCCNc2cc(Cl)cc(Cl)c2)c1C. The molecule has 2 nitrogen and oxygen atoms in total. The average Bonchev–Trinajstić information content (AvgIpc) is 2.38. The van der Waals surface area contributed by atoms with Gasteiger partial charge in [-0.2, -0.15) is 0 Å². The van der Waals surface area contributed by atoms with Crippen LogP contribution in [0.2, 0.25) is 10.0 Å². The molecule has 0 bridgehead atoms. The van der Waals surface area contributed by atoms with Gasteiger partial charge in [-0.25, -0.2) is 0 Å². The number of hydrogen-bond donors (Lipinski definition) is 2. The zero-order valence-electron chi connectivity index (χ0n) is 11.6. The van der Waals surface area contributed by atoms with Crippen LogP contribution in [-0.4, -0.2) is 13.1 Å².